The molecule has 6 nitrogen and oxygen atoms in total. The first-order valence-electron chi connectivity index (χ1n) is 7.77. The number of aliphatic carboxylic acids is 1. The first-order valence-corrected chi connectivity index (χ1v) is 7.77. The second kappa shape index (κ2) is 9.71. The highest BCUT2D eigenvalue weighted by Gasteiger charge is 2.24. The standard InChI is InChI=1S/C17H25NO5/c1-4-12(2)16(17(20)21)18-15(19)6-5-11-23-14-9-7-13(22-3)8-10-14/h7-10,12,16H,4-6,11H2,1-3H3,(H,18,19)(H,20,21). The molecule has 0 aliphatic heterocycles. The van der Waals surface area contributed by atoms with Crippen LogP contribution < -0.4 is 14.8 Å². The molecule has 1 rings (SSSR count). The van der Waals surface area contributed by atoms with Crippen LogP contribution >= 0.6 is 0 Å². The second-order valence-electron chi connectivity index (χ2n) is 5.40. The highest BCUT2D eigenvalue weighted by Crippen LogP contribution is 2.17. The van der Waals surface area contributed by atoms with Crippen molar-refractivity contribution in [1.82, 2.24) is 5.32 Å². The number of methoxy groups -OCH3 is 1. The lowest BCUT2D eigenvalue weighted by Crippen LogP contribution is -2.45. The minimum absolute atomic E-state index is 0.105. The number of hydrogen-bond acceptors (Lipinski definition) is 4. The molecule has 128 valence electrons. The van der Waals surface area contributed by atoms with E-state index in [1.54, 1.807) is 31.4 Å². The number of rotatable bonds is 10. The maximum atomic E-state index is 11.8. The van der Waals surface area contributed by atoms with E-state index in [0.717, 1.165) is 5.75 Å². The smallest absolute Gasteiger partial charge is 0.326 e. The molecule has 0 aliphatic carbocycles. The number of ether oxygens (including phenoxy) is 2. The highest BCUT2D eigenvalue weighted by molar-refractivity contribution is 5.83. The van der Waals surface area contributed by atoms with Gasteiger partial charge in [0.25, 0.3) is 0 Å². The van der Waals surface area contributed by atoms with Gasteiger partial charge in [-0.15, -0.1) is 0 Å². The summed E-state index contributed by atoms with van der Waals surface area (Å²) >= 11 is 0. The van der Waals surface area contributed by atoms with E-state index in [2.05, 4.69) is 5.32 Å². The number of carbonyl (C=O) groups excluding carboxylic acids is 1. The van der Waals surface area contributed by atoms with Gasteiger partial charge in [0.1, 0.15) is 17.5 Å². The third-order valence-corrected chi connectivity index (χ3v) is 3.67. The van der Waals surface area contributed by atoms with E-state index >= 15 is 0 Å². The minimum Gasteiger partial charge on any atom is -0.497 e. The normalized spacial score (nSPS) is 13.0. The van der Waals surface area contributed by atoms with Crippen molar-refractivity contribution in [2.75, 3.05) is 13.7 Å². The molecule has 1 amide bonds. The lowest BCUT2D eigenvalue weighted by Gasteiger charge is -2.20. The lowest BCUT2D eigenvalue weighted by atomic mass is 9.99. The van der Waals surface area contributed by atoms with Crippen LogP contribution in [-0.2, 0) is 9.59 Å². The molecule has 0 saturated heterocycles. The largest absolute Gasteiger partial charge is 0.497 e. The zero-order valence-electron chi connectivity index (χ0n) is 13.9. The molecule has 1 aromatic carbocycles. The van der Waals surface area contributed by atoms with Crippen LogP contribution in [0.15, 0.2) is 24.3 Å². The number of carboxylic acids is 1. The van der Waals surface area contributed by atoms with Crippen LogP contribution in [0.25, 0.3) is 0 Å². The zero-order chi connectivity index (χ0) is 17.2. The fourth-order valence-corrected chi connectivity index (χ4v) is 2.02. The Labute approximate surface area is 136 Å². The summed E-state index contributed by atoms with van der Waals surface area (Å²) in [5.41, 5.74) is 0. The number of carboxylic acid groups (broad SMARTS) is 1. The molecule has 0 aromatic heterocycles. The van der Waals surface area contributed by atoms with Crippen LogP contribution in [0.4, 0.5) is 0 Å². The van der Waals surface area contributed by atoms with Crippen molar-refractivity contribution in [3.8, 4) is 11.5 Å². The Morgan fingerprint density at radius 3 is 2.35 bits per heavy atom. The third kappa shape index (κ3) is 6.59. The predicted molar refractivity (Wildman–Crippen MR) is 86.7 cm³/mol. The molecule has 6 heteroatoms. The van der Waals surface area contributed by atoms with Crippen LogP contribution in [0.3, 0.4) is 0 Å². The Balaban J connectivity index is 2.31. The van der Waals surface area contributed by atoms with Gasteiger partial charge in [0.2, 0.25) is 5.91 Å². The van der Waals surface area contributed by atoms with Gasteiger partial charge in [-0.05, 0) is 36.6 Å². The van der Waals surface area contributed by atoms with Gasteiger partial charge in [-0.25, -0.2) is 4.79 Å². The molecule has 0 saturated carbocycles. The van der Waals surface area contributed by atoms with E-state index in [9.17, 15) is 9.59 Å². The molecular weight excluding hydrogens is 298 g/mol. The Morgan fingerprint density at radius 1 is 1.22 bits per heavy atom. The average molecular weight is 323 g/mol. The summed E-state index contributed by atoms with van der Waals surface area (Å²) < 4.78 is 10.6. The molecule has 2 N–H and O–H groups in total. The van der Waals surface area contributed by atoms with Crippen LogP contribution in [0.5, 0.6) is 11.5 Å². The highest BCUT2D eigenvalue weighted by atomic mass is 16.5. The maximum Gasteiger partial charge on any atom is 0.326 e. The number of nitrogens with one attached hydrogen (secondary N) is 1. The minimum atomic E-state index is -0.998. The van der Waals surface area contributed by atoms with Gasteiger partial charge in [0.05, 0.1) is 13.7 Å². The van der Waals surface area contributed by atoms with Crippen molar-refractivity contribution in [1.29, 1.82) is 0 Å². The first-order chi connectivity index (χ1) is 11.0. The maximum absolute atomic E-state index is 11.8. The Bertz CT molecular complexity index is 500. The van der Waals surface area contributed by atoms with Gasteiger partial charge in [-0.3, -0.25) is 4.79 Å². The van der Waals surface area contributed by atoms with Crippen LogP contribution in [0.2, 0.25) is 0 Å². The molecule has 0 spiro atoms. The number of benzene rings is 1. The van der Waals surface area contributed by atoms with Crippen LogP contribution in [0, 0.1) is 5.92 Å². The summed E-state index contributed by atoms with van der Waals surface area (Å²) in [6.07, 6.45) is 1.44. The van der Waals surface area contributed by atoms with E-state index < -0.39 is 12.0 Å². The first kappa shape index (κ1) is 18.8. The van der Waals surface area contributed by atoms with Crippen molar-refractivity contribution in [3.63, 3.8) is 0 Å². The van der Waals surface area contributed by atoms with E-state index in [0.29, 0.717) is 25.2 Å². The van der Waals surface area contributed by atoms with Gasteiger partial charge in [-0.2, -0.15) is 0 Å². The van der Waals surface area contributed by atoms with Gasteiger partial charge in [0.15, 0.2) is 0 Å². The van der Waals surface area contributed by atoms with Crippen LogP contribution in [0.1, 0.15) is 33.1 Å². The SMILES string of the molecule is CCC(C)C(NC(=O)CCCOc1ccc(OC)cc1)C(=O)O. The fourth-order valence-electron chi connectivity index (χ4n) is 2.02. The topological polar surface area (TPSA) is 84.9 Å². The molecule has 1 aromatic rings. The van der Waals surface area contributed by atoms with E-state index in [1.165, 1.54) is 0 Å². The zero-order valence-corrected chi connectivity index (χ0v) is 13.9. The molecule has 0 fully saturated rings. The molecule has 2 unspecified atom stereocenters. The summed E-state index contributed by atoms with van der Waals surface area (Å²) in [6, 6.07) is 6.34. The summed E-state index contributed by atoms with van der Waals surface area (Å²) in [7, 11) is 1.60. The third-order valence-electron chi connectivity index (χ3n) is 3.67. The lowest BCUT2D eigenvalue weighted by molar-refractivity contribution is -0.143. The number of carbonyl (C=O) groups is 2. The van der Waals surface area contributed by atoms with Crippen molar-refractivity contribution < 1.29 is 24.2 Å². The predicted octanol–water partition coefficient (Wildman–Crippen LogP) is 2.47. The molecule has 0 radical (unpaired) electrons. The van der Waals surface area contributed by atoms with Crippen molar-refractivity contribution in [2.24, 2.45) is 5.92 Å². The van der Waals surface area contributed by atoms with Crippen LogP contribution in [-0.4, -0.2) is 36.7 Å². The molecule has 2 atom stereocenters. The monoisotopic (exact) mass is 323 g/mol. The average Bonchev–Trinajstić information content (AvgIpc) is 2.56. The quantitative estimate of drug-likeness (QED) is 0.646. The Hall–Kier alpha value is -2.24. The van der Waals surface area contributed by atoms with Gasteiger partial charge in [-0.1, -0.05) is 20.3 Å². The number of hydrogen-bond donors (Lipinski definition) is 2. The molecular formula is C17H25NO5. The molecule has 0 bridgehead atoms. The van der Waals surface area contributed by atoms with Gasteiger partial charge >= 0.3 is 5.97 Å². The van der Waals surface area contributed by atoms with Crippen molar-refractivity contribution >= 4 is 11.9 Å². The van der Waals surface area contributed by atoms with E-state index in [-0.39, 0.29) is 18.2 Å². The summed E-state index contributed by atoms with van der Waals surface area (Å²) in [5.74, 6) is 0.0842. The van der Waals surface area contributed by atoms with Crippen molar-refractivity contribution in [2.45, 2.75) is 39.2 Å². The second-order valence-corrected chi connectivity index (χ2v) is 5.40. The fraction of sp³-hybridized carbons (Fsp3) is 0.529. The Kier molecular flexibility index (Phi) is 7.94. The Morgan fingerprint density at radius 2 is 1.83 bits per heavy atom. The number of amides is 1. The summed E-state index contributed by atoms with van der Waals surface area (Å²) in [5, 5.41) is 11.7. The van der Waals surface area contributed by atoms with E-state index in [1.807, 2.05) is 13.8 Å². The molecule has 0 heterocycles. The summed E-state index contributed by atoms with van der Waals surface area (Å²) in [4.78, 5) is 23.0. The van der Waals surface area contributed by atoms with Crippen molar-refractivity contribution in [3.05, 3.63) is 24.3 Å². The van der Waals surface area contributed by atoms with E-state index in [4.69, 9.17) is 14.6 Å². The van der Waals surface area contributed by atoms with Gasteiger partial charge in [0, 0.05) is 6.42 Å². The molecule has 0 aliphatic rings. The summed E-state index contributed by atoms with van der Waals surface area (Å²) in [6.45, 7) is 4.10. The molecule has 23 heavy (non-hydrogen) atoms. The van der Waals surface area contributed by atoms with Gasteiger partial charge < -0.3 is 19.9 Å².